The molecule has 0 radical (unpaired) electrons. The van der Waals surface area contributed by atoms with Gasteiger partial charge >= 0.3 is 0 Å². The fourth-order valence-corrected chi connectivity index (χ4v) is 2.64. The molecule has 0 bridgehead atoms. The Morgan fingerprint density at radius 3 is 2.80 bits per heavy atom. The molecule has 3 nitrogen and oxygen atoms in total. The molecule has 2 aromatic rings. The molecule has 0 aliphatic carbocycles. The number of methoxy groups -OCH3 is 1. The zero-order valence-corrected chi connectivity index (χ0v) is 9.35. The highest BCUT2D eigenvalue weighted by Crippen LogP contribution is 2.39. The molecule has 0 aliphatic rings. The van der Waals surface area contributed by atoms with E-state index in [2.05, 4.69) is 0 Å². The van der Waals surface area contributed by atoms with Crippen molar-refractivity contribution >= 4 is 32.9 Å². The molecular weight excluding hydrogens is 210 g/mol. The SMILES string of the molecule is COc1cccc2c(N)c(C(C)=O)sc12. The average Bonchev–Trinajstić information content (AvgIpc) is 2.56. The van der Waals surface area contributed by atoms with E-state index in [9.17, 15) is 4.79 Å². The van der Waals surface area contributed by atoms with Gasteiger partial charge in [-0.2, -0.15) is 0 Å². The number of carbonyl (C=O) groups excluding carboxylic acids is 1. The summed E-state index contributed by atoms with van der Waals surface area (Å²) in [6, 6.07) is 5.63. The van der Waals surface area contributed by atoms with Crippen LogP contribution in [0.25, 0.3) is 10.1 Å². The smallest absolute Gasteiger partial charge is 0.171 e. The van der Waals surface area contributed by atoms with E-state index < -0.39 is 0 Å². The third-order valence-electron chi connectivity index (χ3n) is 2.26. The van der Waals surface area contributed by atoms with Crippen LogP contribution < -0.4 is 10.5 Å². The Labute approximate surface area is 91.5 Å². The number of nitrogens with two attached hydrogens (primary N) is 1. The first-order valence-corrected chi connectivity index (χ1v) is 5.32. The van der Waals surface area contributed by atoms with Gasteiger partial charge < -0.3 is 10.5 Å². The second-order valence-corrected chi connectivity index (χ2v) is 4.26. The number of nitrogen functional groups attached to an aromatic ring is 1. The predicted molar refractivity (Wildman–Crippen MR) is 62.8 cm³/mol. The highest BCUT2D eigenvalue weighted by atomic mass is 32.1. The van der Waals surface area contributed by atoms with Gasteiger partial charge in [-0.05, 0) is 6.07 Å². The maximum atomic E-state index is 11.3. The van der Waals surface area contributed by atoms with Crippen LogP contribution >= 0.6 is 11.3 Å². The summed E-state index contributed by atoms with van der Waals surface area (Å²) >= 11 is 1.38. The minimum atomic E-state index is -0.00393. The Morgan fingerprint density at radius 2 is 2.20 bits per heavy atom. The Balaban J connectivity index is 2.81. The molecule has 2 N–H and O–H groups in total. The van der Waals surface area contributed by atoms with Gasteiger partial charge in [0.25, 0.3) is 0 Å². The van der Waals surface area contributed by atoms with Crippen molar-refractivity contribution in [2.75, 3.05) is 12.8 Å². The second-order valence-electron chi connectivity index (χ2n) is 3.24. The van der Waals surface area contributed by atoms with Gasteiger partial charge in [0.1, 0.15) is 5.75 Å². The third-order valence-corrected chi connectivity index (χ3v) is 3.59. The topological polar surface area (TPSA) is 52.3 Å². The minimum absolute atomic E-state index is 0.00393. The number of carbonyl (C=O) groups is 1. The Bertz CT molecular complexity index is 531. The van der Waals surface area contributed by atoms with Crippen molar-refractivity contribution in [2.24, 2.45) is 0 Å². The molecule has 0 spiro atoms. The summed E-state index contributed by atoms with van der Waals surface area (Å²) in [6.07, 6.45) is 0. The highest BCUT2D eigenvalue weighted by molar-refractivity contribution is 7.22. The van der Waals surface area contributed by atoms with Crippen LogP contribution in [0.3, 0.4) is 0 Å². The number of rotatable bonds is 2. The fourth-order valence-electron chi connectivity index (χ4n) is 1.53. The highest BCUT2D eigenvalue weighted by Gasteiger charge is 2.15. The lowest BCUT2D eigenvalue weighted by Gasteiger charge is -1.99. The molecule has 0 unspecified atom stereocenters. The molecule has 1 heterocycles. The molecule has 0 fully saturated rings. The number of ether oxygens (including phenoxy) is 1. The molecule has 15 heavy (non-hydrogen) atoms. The lowest BCUT2D eigenvalue weighted by molar-refractivity contribution is 0.102. The number of benzene rings is 1. The second kappa shape index (κ2) is 3.55. The van der Waals surface area contributed by atoms with Gasteiger partial charge in [-0.15, -0.1) is 11.3 Å². The molecule has 78 valence electrons. The maximum absolute atomic E-state index is 11.3. The summed E-state index contributed by atoms with van der Waals surface area (Å²) in [7, 11) is 1.61. The molecule has 0 atom stereocenters. The average molecular weight is 221 g/mol. The lowest BCUT2D eigenvalue weighted by Crippen LogP contribution is -1.93. The number of anilines is 1. The summed E-state index contributed by atoms with van der Waals surface area (Å²) in [5.74, 6) is 0.757. The first-order valence-electron chi connectivity index (χ1n) is 4.51. The molecule has 0 saturated heterocycles. The molecule has 2 rings (SSSR count). The normalized spacial score (nSPS) is 10.5. The monoisotopic (exact) mass is 221 g/mol. The van der Waals surface area contributed by atoms with Crippen LogP contribution in [0.2, 0.25) is 0 Å². The van der Waals surface area contributed by atoms with Gasteiger partial charge in [-0.1, -0.05) is 12.1 Å². The standard InChI is InChI=1S/C11H11NO2S/c1-6(13)10-9(12)7-4-3-5-8(14-2)11(7)15-10/h3-5H,12H2,1-2H3. The van der Waals surface area contributed by atoms with Gasteiger partial charge in [0.2, 0.25) is 0 Å². The number of ketones is 1. The largest absolute Gasteiger partial charge is 0.495 e. The van der Waals surface area contributed by atoms with E-state index in [-0.39, 0.29) is 5.78 Å². The van der Waals surface area contributed by atoms with Crippen LogP contribution in [0.4, 0.5) is 5.69 Å². The first-order chi connectivity index (χ1) is 7.15. The summed E-state index contributed by atoms with van der Waals surface area (Å²) in [6.45, 7) is 1.52. The van der Waals surface area contributed by atoms with E-state index in [1.165, 1.54) is 18.3 Å². The Hall–Kier alpha value is -1.55. The maximum Gasteiger partial charge on any atom is 0.171 e. The molecule has 4 heteroatoms. The molecule has 1 aromatic carbocycles. The van der Waals surface area contributed by atoms with Crippen molar-refractivity contribution in [2.45, 2.75) is 6.92 Å². The number of thiophene rings is 1. The van der Waals surface area contributed by atoms with Gasteiger partial charge in [0.05, 0.1) is 22.4 Å². The molecule has 0 amide bonds. The first kappa shape index (κ1) is 9.98. The van der Waals surface area contributed by atoms with E-state index >= 15 is 0 Å². The summed E-state index contributed by atoms with van der Waals surface area (Å²) in [4.78, 5) is 11.9. The van der Waals surface area contributed by atoms with Gasteiger partial charge in [-0.3, -0.25) is 4.79 Å². The lowest BCUT2D eigenvalue weighted by atomic mass is 10.2. The summed E-state index contributed by atoms with van der Waals surface area (Å²) < 4.78 is 6.15. The number of hydrogen-bond acceptors (Lipinski definition) is 4. The molecule has 0 saturated carbocycles. The molecule has 1 aromatic heterocycles. The van der Waals surface area contributed by atoms with Crippen molar-refractivity contribution < 1.29 is 9.53 Å². The van der Waals surface area contributed by atoms with Crippen molar-refractivity contribution in [1.29, 1.82) is 0 Å². The van der Waals surface area contributed by atoms with E-state index in [1.807, 2.05) is 18.2 Å². The van der Waals surface area contributed by atoms with Crippen molar-refractivity contribution in [3.05, 3.63) is 23.1 Å². The molecular formula is C11H11NO2S. The number of fused-ring (bicyclic) bond motifs is 1. The van der Waals surface area contributed by atoms with Crippen molar-refractivity contribution in [1.82, 2.24) is 0 Å². The van der Waals surface area contributed by atoms with Crippen molar-refractivity contribution in [3.63, 3.8) is 0 Å². The van der Waals surface area contributed by atoms with Crippen LogP contribution in [-0.2, 0) is 0 Å². The van der Waals surface area contributed by atoms with Crippen molar-refractivity contribution in [3.8, 4) is 5.75 Å². The van der Waals surface area contributed by atoms with E-state index in [0.717, 1.165) is 15.8 Å². The van der Waals surface area contributed by atoms with Gasteiger partial charge in [0.15, 0.2) is 5.78 Å². The zero-order valence-electron chi connectivity index (χ0n) is 8.53. The Morgan fingerprint density at radius 1 is 1.47 bits per heavy atom. The van der Waals surface area contributed by atoms with E-state index in [4.69, 9.17) is 10.5 Å². The van der Waals surface area contributed by atoms with E-state index in [1.54, 1.807) is 7.11 Å². The summed E-state index contributed by atoms with van der Waals surface area (Å²) in [5, 5.41) is 0.893. The van der Waals surface area contributed by atoms with Crippen LogP contribution in [0.1, 0.15) is 16.6 Å². The summed E-state index contributed by atoms with van der Waals surface area (Å²) in [5.41, 5.74) is 6.45. The number of hydrogen-bond donors (Lipinski definition) is 1. The van der Waals surface area contributed by atoms with E-state index in [0.29, 0.717) is 10.6 Å². The quantitative estimate of drug-likeness (QED) is 0.793. The minimum Gasteiger partial charge on any atom is -0.495 e. The van der Waals surface area contributed by atoms with Crippen LogP contribution in [-0.4, -0.2) is 12.9 Å². The molecule has 0 aliphatic heterocycles. The number of Topliss-reactive ketones (excluding diaryl/α,β-unsaturated/α-hetero) is 1. The van der Waals surface area contributed by atoms with Gasteiger partial charge in [0, 0.05) is 12.3 Å². The third kappa shape index (κ3) is 1.47. The Kier molecular flexibility index (Phi) is 2.36. The van der Waals surface area contributed by atoms with Crippen LogP contribution in [0.15, 0.2) is 18.2 Å². The fraction of sp³-hybridized carbons (Fsp3) is 0.182. The zero-order chi connectivity index (χ0) is 11.0. The van der Waals surface area contributed by atoms with Crippen LogP contribution in [0, 0.1) is 0 Å². The predicted octanol–water partition coefficient (Wildman–Crippen LogP) is 2.69. The van der Waals surface area contributed by atoms with Gasteiger partial charge in [-0.25, -0.2) is 0 Å². The van der Waals surface area contributed by atoms with Crippen LogP contribution in [0.5, 0.6) is 5.75 Å².